The normalized spacial score (nSPS) is 11.5. The molecule has 2 rings (SSSR count). The Kier molecular flexibility index (Phi) is 5.12. The number of aryl methyl sites for hydroxylation is 1. The third-order valence-corrected chi connectivity index (χ3v) is 3.66. The molecule has 1 amide bonds. The summed E-state index contributed by atoms with van der Waals surface area (Å²) >= 11 is 1.22. The first kappa shape index (κ1) is 16.4. The zero-order valence-electron chi connectivity index (χ0n) is 11.6. The lowest BCUT2D eigenvalue weighted by molar-refractivity contribution is -0.137. The first-order valence-electron chi connectivity index (χ1n) is 6.31. The molecule has 1 aromatic heterocycles. The van der Waals surface area contributed by atoms with Gasteiger partial charge in [-0.05, 0) is 18.6 Å². The summed E-state index contributed by atoms with van der Waals surface area (Å²) in [4.78, 5) is 11.6. The van der Waals surface area contributed by atoms with Crippen LogP contribution in [0.1, 0.15) is 16.9 Å². The maximum absolute atomic E-state index is 12.6. The second-order valence-corrected chi connectivity index (χ2v) is 5.55. The second kappa shape index (κ2) is 6.87. The Bertz CT molecular complexity index is 656. The highest BCUT2D eigenvalue weighted by molar-refractivity contribution is 7.99. The van der Waals surface area contributed by atoms with Crippen molar-refractivity contribution in [3.05, 3.63) is 47.2 Å². The molecule has 0 unspecified atom stereocenters. The molecule has 0 spiro atoms. The van der Waals surface area contributed by atoms with Gasteiger partial charge >= 0.3 is 6.18 Å². The minimum atomic E-state index is -4.36. The van der Waals surface area contributed by atoms with E-state index >= 15 is 0 Å². The van der Waals surface area contributed by atoms with E-state index in [0.29, 0.717) is 22.9 Å². The molecular formula is C14H13F3N2O2S. The number of carbonyl (C=O) groups excluding carboxylic acids is 1. The lowest BCUT2D eigenvalue weighted by Gasteiger charge is -2.08. The fourth-order valence-corrected chi connectivity index (χ4v) is 2.48. The number of rotatable bonds is 5. The Balaban J connectivity index is 1.82. The first-order valence-corrected chi connectivity index (χ1v) is 7.47. The number of thioether (sulfide) groups is 1. The second-order valence-electron chi connectivity index (χ2n) is 4.56. The molecule has 22 heavy (non-hydrogen) atoms. The predicted octanol–water partition coefficient (Wildman–Crippen LogP) is 3.87. The topological polar surface area (TPSA) is 55.1 Å². The molecule has 0 fully saturated rings. The number of aromatic nitrogens is 1. The van der Waals surface area contributed by atoms with Gasteiger partial charge in [0.15, 0.2) is 5.82 Å². The summed E-state index contributed by atoms with van der Waals surface area (Å²) in [5, 5.41) is 6.16. The van der Waals surface area contributed by atoms with Crippen molar-refractivity contribution in [3.63, 3.8) is 0 Å². The summed E-state index contributed by atoms with van der Waals surface area (Å²) in [6.07, 6.45) is -4.36. The quantitative estimate of drug-likeness (QED) is 0.904. The Hall–Kier alpha value is -1.96. The molecule has 1 aromatic carbocycles. The number of benzene rings is 1. The van der Waals surface area contributed by atoms with Crippen molar-refractivity contribution in [2.75, 3.05) is 11.1 Å². The molecule has 2 aromatic rings. The van der Waals surface area contributed by atoms with E-state index in [1.54, 1.807) is 19.1 Å². The van der Waals surface area contributed by atoms with Gasteiger partial charge in [0.1, 0.15) is 5.76 Å². The molecule has 4 nitrogen and oxygen atoms in total. The lowest BCUT2D eigenvalue weighted by atomic mass is 10.1. The minimum Gasteiger partial charge on any atom is -0.360 e. The van der Waals surface area contributed by atoms with Crippen LogP contribution in [-0.4, -0.2) is 16.8 Å². The van der Waals surface area contributed by atoms with Crippen LogP contribution in [0.2, 0.25) is 0 Å². The van der Waals surface area contributed by atoms with Crippen LogP contribution in [0.5, 0.6) is 0 Å². The lowest BCUT2D eigenvalue weighted by Crippen LogP contribution is -2.14. The average Bonchev–Trinajstić information content (AvgIpc) is 2.83. The van der Waals surface area contributed by atoms with Crippen molar-refractivity contribution < 1.29 is 22.5 Å². The molecule has 1 N–H and O–H groups in total. The monoisotopic (exact) mass is 330 g/mol. The van der Waals surface area contributed by atoms with E-state index in [1.807, 2.05) is 0 Å². The predicted molar refractivity (Wildman–Crippen MR) is 77.5 cm³/mol. The van der Waals surface area contributed by atoms with Crippen LogP contribution < -0.4 is 5.32 Å². The van der Waals surface area contributed by atoms with E-state index < -0.39 is 11.7 Å². The molecule has 0 saturated carbocycles. The van der Waals surface area contributed by atoms with E-state index in [0.717, 1.165) is 12.1 Å². The largest absolute Gasteiger partial charge is 0.416 e. The van der Waals surface area contributed by atoms with Gasteiger partial charge in [-0.3, -0.25) is 4.79 Å². The van der Waals surface area contributed by atoms with E-state index in [4.69, 9.17) is 4.52 Å². The van der Waals surface area contributed by atoms with Crippen LogP contribution in [0.15, 0.2) is 34.9 Å². The SMILES string of the molecule is Cc1cc(NC(=O)CSCc2cccc(C(F)(F)F)c2)no1. The molecule has 1 heterocycles. The number of anilines is 1. The molecule has 0 bridgehead atoms. The number of alkyl halides is 3. The molecule has 118 valence electrons. The first-order chi connectivity index (χ1) is 10.3. The molecule has 0 atom stereocenters. The number of hydrogen-bond acceptors (Lipinski definition) is 4. The average molecular weight is 330 g/mol. The fourth-order valence-electron chi connectivity index (χ4n) is 1.70. The highest BCUT2D eigenvalue weighted by atomic mass is 32.2. The maximum atomic E-state index is 12.6. The molecule has 0 saturated heterocycles. The number of hydrogen-bond donors (Lipinski definition) is 1. The summed E-state index contributed by atoms with van der Waals surface area (Å²) < 4.78 is 42.5. The zero-order chi connectivity index (χ0) is 16.2. The smallest absolute Gasteiger partial charge is 0.360 e. The molecule has 0 radical (unpaired) electrons. The Labute approximate surface area is 129 Å². The highest BCUT2D eigenvalue weighted by Gasteiger charge is 2.30. The van der Waals surface area contributed by atoms with Crippen LogP contribution in [0.3, 0.4) is 0 Å². The van der Waals surface area contributed by atoms with Crippen LogP contribution in [0.4, 0.5) is 19.0 Å². The van der Waals surface area contributed by atoms with Gasteiger partial charge in [-0.15, -0.1) is 11.8 Å². The summed E-state index contributed by atoms with van der Waals surface area (Å²) in [6.45, 7) is 1.70. The van der Waals surface area contributed by atoms with Crippen molar-refractivity contribution >= 4 is 23.5 Å². The van der Waals surface area contributed by atoms with Crippen molar-refractivity contribution in [2.45, 2.75) is 18.9 Å². The number of carbonyl (C=O) groups is 1. The van der Waals surface area contributed by atoms with E-state index in [9.17, 15) is 18.0 Å². The van der Waals surface area contributed by atoms with Crippen LogP contribution >= 0.6 is 11.8 Å². The van der Waals surface area contributed by atoms with Gasteiger partial charge in [0.25, 0.3) is 0 Å². The maximum Gasteiger partial charge on any atom is 0.416 e. The van der Waals surface area contributed by atoms with Crippen molar-refractivity contribution in [1.29, 1.82) is 0 Å². The third kappa shape index (κ3) is 4.80. The van der Waals surface area contributed by atoms with Gasteiger partial charge < -0.3 is 9.84 Å². The Morgan fingerprint density at radius 2 is 2.14 bits per heavy atom. The summed E-state index contributed by atoms with van der Waals surface area (Å²) in [6, 6.07) is 6.65. The van der Waals surface area contributed by atoms with Crippen LogP contribution in [-0.2, 0) is 16.7 Å². The number of nitrogens with one attached hydrogen (secondary N) is 1. The van der Waals surface area contributed by atoms with Gasteiger partial charge in [0.05, 0.1) is 11.3 Å². The van der Waals surface area contributed by atoms with Gasteiger partial charge in [-0.25, -0.2) is 0 Å². The van der Waals surface area contributed by atoms with Gasteiger partial charge in [-0.1, -0.05) is 23.4 Å². The van der Waals surface area contributed by atoms with Gasteiger partial charge in [-0.2, -0.15) is 13.2 Å². The van der Waals surface area contributed by atoms with E-state index in [-0.39, 0.29) is 11.7 Å². The highest BCUT2D eigenvalue weighted by Crippen LogP contribution is 2.30. The van der Waals surface area contributed by atoms with Gasteiger partial charge in [0.2, 0.25) is 5.91 Å². The van der Waals surface area contributed by atoms with Crippen molar-refractivity contribution in [3.8, 4) is 0 Å². The zero-order valence-corrected chi connectivity index (χ0v) is 12.4. The minimum absolute atomic E-state index is 0.113. The summed E-state index contributed by atoms with van der Waals surface area (Å²) in [5.41, 5.74) is -0.168. The van der Waals surface area contributed by atoms with Gasteiger partial charge in [0, 0.05) is 11.8 Å². The number of nitrogens with zero attached hydrogens (tertiary/aromatic N) is 1. The summed E-state index contributed by atoms with van der Waals surface area (Å²) in [5.74, 6) is 1.04. The Morgan fingerprint density at radius 3 is 2.77 bits per heavy atom. The number of amides is 1. The van der Waals surface area contributed by atoms with Crippen LogP contribution in [0.25, 0.3) is 0 Å². The van der Waals surface area contributed by atoms with E-state index in [2.05, 4.69) is 10.5 Å². The van der Waals surface area contributed by atoms with Crippen molar-refractivity contribution in [1.82, 2.24) is 5.16 Å². The molecule has 0 aliphatic rings. The Morgan fingerprint density at radius 1 is 1.36 bits per heavy atom. The molecule has 0 aliphatic heterocycles. The summed E-state index contributed by atoms with van der Waals surface area (Å²) in [7, 11) is 0. The molecule has 8 heteroatoms. The standard InChI is InChI=1S/C14H13F3N2O2S/c1-9-5-12(19-21-9)18-13(20)8-22-7-10-3-2-4-11(6-10)14(15,16)17/h2-6H,7-8H2,1H3,(H,18,19,20). The number of halogens is 3. The van der Waals surface area contributed by atoms with Crippen molar-refractivity contribution in [2.24, 2.45) is 0 Å². The van der Waals surface area contributed by atoms with E-state index in [1.165, 1.54) is 17.8 Å². The molecule has 0 aliphatic carbocycles. The fraction of sp³-hybridized carbons (Fsp3) is 0.286. The third-order valence-electron chi connectivity index (χ3n) is 2.65. The van der Waals surface area contributed by atoms with Crippen LogP contribution in [0, 0.1) is 6.92 Å². The molecular weight excluding hydrogens is 317 g/mol.